The van der Waals surface area contributed by atoms with Crippen LogP contribution in [-0.2, 0) is 16.1 Å². The van der Waals surface area contributed by atoms with Gasteiger partial charge in [-0.05, 0) is 25.6 Å². The molecule has 1 saturated heterocycles. The molecule has 0 aromatic heterocycles. The molecule has 1 atom stereocenters. The summed E-state index contributed by atoms with van der Waals surface area (Å²) in [7, 11) is 1.97. The van der Waals surface area contributed by atoms with E-state index in [1.54, 1.807) is 0 Å². The number of piperazine rings is 1. The normalized spacial score (nSPS) is 20.9. The fourth-order valence-corrected chi connectivity index (χ4v) is 2.63. The molecule has 20 heavy (non-hydrogen) atoms. The summed E-state index contributed by atoms with van der Waals surface area (Å²) in [5.41, 5.74) is 1.10. The molecule has 0 amide bonds. The van der Waals surface area contributed by atoms with Gasteiger partial charge in [0.15, 0.2) is 0 Å². The summed E-state index contributed by atoms with van der Waals surface area (Å²) in [6.45, 7) is 5.49. The number of benzene rings is 1. The van der Waals surface area contributed by atoms with Gasteiger partial charge >= 0.3 is 5.97 Å². The van der Waals surface area contributed by atoms with Crippen LogP contribution in [0.4, 0.5) is 0 Å². The molecule has 0 radical (unpaired) electrons. The molecular formula is C15H21ClN2O2. The van der Waals surface area contributed by atoms with Crippen molar-refractivity contribution in [1.82, 2.24) is 9.80 Å². The number of likely N-dealkylation sites (N-methyl/N-ethyl adjacent to an activating group) is 1. The highest BCUT2D eigenvalue weighted by Gasteiger charge is 2.31. The van der Waals surface area contributed by atoms with Crippen molar-refractivity contribution >= 4 is 17.6 Å². The number of esters is 1. The summed E-state index contributed by atoms with van der Waals surface area (Å²) in [5.74, 6) is -0.140. The van der Waals surface area contributed by atoms with E-state index in [9.17, 15) is 4.79 Å². The molecule has 0 spiro atoms. The number of halogens is 1. The lowest BCUT2D eigenvalue weighted by atomic mass is 10.1. The monoisotopic (exact) mass is 296 g/mol. The average Bonchev–Trinajstić information content (AvgIpc) is 2.43. The van der Waals surface area contributed by atoms with Crippen LogP contribution in [0.3, 0.4) is 0 Å². The Morgan fingerprint density at radius 3 is 2.85 bits per heavy atom. The minimum atomic E-state index is -0.189. The van der Waals surface area contributed by atoms with Crippen molar-refractivity contribution in [2.45, 2.75) is 19.5 Å². The summed E-state index contributed by atoms with van der Waals surface area (Å²) in [5, 5.41) is 0.777. The second-order valence-electron chi connectivity index (χ2n) is 5.07. The molecule has 1 unspecified atom stereocenters. The van der Waals surface area contributed by atoms with Gasteiger partial charge in [0.05, 0.1) is 6.61 Å². The molecular weight excluding hydrogens is 276 g/mol. The van der Waals surface area contributed by atoms with Crippen LogP contribution in [0.1, 0.15) is 12.5 Å². The Labute approximate surface area is 125 Å². The number of nitrogens with zero attached hydrogens (tertiary/aromatic N) is 2. The van der Waals surface area contributed by atoms with E-state index in [1.807, 2.05) is 38.2 Å². The quantitative estimate of drug-likeness (QED) is 0.796. The molecule has 1 aliphatic heterocycles. The second-order valence-corrected chi connectivity index (χ2v) is 5.48. The zero-order valence-corrected chi connectivity index (χ0v) is 12.8. The summed E-state index contributed by atoms with van der Waals surface area (Å²) < 4.78 is 5.14. The Morgan fingerprint density at radius 2 is 2.15 bits per heavy atom. The predicted octanol–water partition coefficient (Wildman–Crippen LogP) is 2.02. The molecule has 110 valence electrons. The molecule has 5 heteroatoms. The van der Waals surface area contributed by atoms with Gasteiger partial charge < -0.3 is 4.74 Å². The molecule has 1 fully saturated rings. The van der Waals surface area contributed by atoms with E-state index >= 15 is 0 Å². The smallest absolute Gasteiger partial charge is 0.324 e. The van der Waals surface area contributed by atoms with E-state index in [4.69, 9.17) is 16.3 Å². The Bertz CT molecular complexity index is 467. The second kappa shape index (κ2) is 7.07. The predicted molar refractivity (Wildman–Crippen MR) is 79.8 cm³/mol. The van der Waals surface area contributed by atoms with Crippen LogP contribution in [0.25, 0.3) is 0 Å². The van der Waals surface area contributed by atoms with Crippen LogP contribution >= 0.6 is 11.6 Å². The number of hydrogen-bond donors (Lipinski definition) is 0. The van der Waals surface area contributed by atoms with Gasteiger partial charge in [0, 0.05) is 31.2 Å². The lowest BCUT2D eigenvalue weighted by Gasteiger charge is -2.38. The molecule has 0 N–H and O–H groups in total. The van der Waals surface area contributed by atoms with E-state index in [-0.39, 0.29) is 12.0 Å². The van der Waals surface area contributed by atoms with Gasteiger partial charge in [-0.1, -0.05) is 29.8 Å². The number of ether oxygens (including phenoxy) is 1. The van der Waals surface area contributed by atoms with Gasteiger partial charge in [-0.2, -0.15) is 0 Å². The molecule has 0 bridgehead atoms. The van der Waals surface area contributed by atoms with Gasteiger partial charge in [-0.25, -0.2) is 0 Å². The number of carbonyl (C=O) groups excluding carboxylic acids is 1. The first kappa shape index (κ1) is 15.3. The fraction of sp³-hybridized carbons (Fsp3) is 0.533. The van der Waals surface area contributed by atoms with Gasteiger partial charge in [0.2, 0.25) is 0 Å². The Hall–Kier alpha value is -1.10. The summed E-state index contributed by atoms with van der Waals surface area (Å²) in [4.78, 5) is 16.3. The van der Waals surface area contributed by atoms with Gasteiger partial charge in [0.1, 0.15) is 6.04 Å². The molecule has 1 aromatic rings. The van der Waals surface area contributed by atoms with Crippen molar-refractivity contribution < 1.29 is 9.53 Å². The molecule has 0 saturated carbocycles. The average molecular weight is 297 g/mol. The van der Waals surface area contributed by atoms with Crippen LogP contribution in [-0.4, -0.2) is 55.1 Å². The SMILES string of the molecule is CCOC(=O)C1CN(Cc2ccccc2Cl)CCN1C. The first-order valence-electron chi connectivity index (χ1n) is 6.94. The fourth-order valence-electron chi connectivity index (χ4n) is 2.43. The number of rotatable bonds is 4. The zero-order valence-electron chi connectivity index (χ0n) is 12.0. The van der Waals surface area contributed by atoms with E-state index < -0.39 is 0 Å². The largest absolute Gasteiger partial charge is 0.465 e. The standard InChI is InChI=1S/C15H21ClN2O2/c1-3-20-15(19)14-11-18(9-8-17(14)2)10-12-6-4-5-7-13(12)16/h4-7,14H,3,8-11H2,1-2H3. The van der Waals surface area contributed by atoms with E-state index in [0.717, 1.165) is 30.2 Å². The molecule has 1 heterocycles. The molecule has 4 nitrogen and oxygen atoms in total. The van der Waals surface area contributed by atoms with Crippen molar-refractivity contribution in [3.8, 4) is 0 Å². The van der Waals surface area contributed by atoms with Gasteiger partial charge in [0.25, 0.3) is 0 Å². The highest BCUT2D eigenvalue weighted by molar-refractivity contribution is 6.31. The Kier molecular flexibility index (Phi) is 5.40. The summed E-state index contributed by atoms with van der Waals surface area (Å²) >= 11 is 6.19. The first-order chi connectivity index (χ1) is 9.61. The third-order valence-corrected chi connectivity index (χ3v) is 4.01. The van der Waals surface area contributed by atoms with Crippen LogP contribution in [0, 0.1) is 0 Å². The molecule has 0 aliphatic carbocycles. The summed E-state index contributed by atoms with van der Waals surface area (Å²) in [6, 6.07) is 7.65. The topological polar surface area (TPSA) is 32.8 Å². The van der Waals surface area contributed by atoms with Crippen molar-refractivity contribution in [1.29, 1.82) is 0 Å². The van der Waals surface area contributed by atoms with Crippen molar-refractivity contribution in [3.63, 3.8) is 0 Å². The Balaban J connectivity index is 2.00. The van der Waals surface area contributed by atoms with Crippen LogP contribution in [0.15, 0.2) is 24.3 Å². The van der Waals surface area contributed by atoms with Crippen molar-refractivity contribution in [3.05, 3.63) is 34.9 Å². The minimum absolute atomic E-state index is 0.140. The first-order valence-corrected chi connectivity index (χ1v) is 7.32. The van der Waals surface area contributed by atoms with E-state index in [2.05, 4.69) is 9.80 Å². The lowest BCUT2D eigenvalue weighted by Crippen LogP contribution is -2.54. The minimum Gasteiger partial charge on any atom is -0.465 e. The molecule has 1 aliphatic rings. The molecule has 1 aromatic carbocycles. The summed E-state index contributed by atoms with van der Waals surface area (Å²) in [6.07, 6.45) is 0. The highest BCUT2D eigenvalue weighted by Crippen LogP contribution is 2.19. The molecule has 2 rings (SSSR count). The number of carbonyl (C=O) groups is 1. The third-order valence-electron chi connectivity index (χ3n) is 3.64. The van der Waals surface area contributed by atoms with E-state index in [0.29, 0.717) is 13.2 Å². The van der Waals surface area contributed by atoms with Crippen LogP contribution in [0.5, 0.6) is 0 Å². The van der Waals surface area contributed by atoms with Gasteiger partial charge in [-0.3, -0.25) is 14.6 Å². The zero-order chi connectivity index (χ0) is 14.5. The van der Waals surface area contributed by atoms with Crippen molar-refractivity contribution in [2.75, 3.05) is 33.3 Å². The maximum absolute atomic E-state index is 12.0. The van der Waals surface area contributed by atoms with Crippen LogP contribution in [0.2, 0.25) is 5.02 Å². The van der Waals surface area contributed by atoms with Crippen LogP contribution < -0.4 is 0 Å². The number of hydrogen-bond acceptors (Lipinski definition) is 4. The third kappa shape index (κ3) is 3.72. The highest BCUT2D eigenvalue weighted by atomic mass is 35.5. The lowest BCUT2D eigenvalue weighted by molar-refractivity contribution is -0.151. The Morgan fingerprint density at radius 1 is 1.40 bits per heavy atom. The van der Waals surface area contributed by atoms with Crippen molar-refractivity contribution in [2.24, 2.45) is 0 Å². The van der Waals surface area contributed by atoms with E-state index in [1.165, 1.54) is 0 Å². The maximum Gasteiger partial charge on any atom is 0.324 e. The van der Waals surface area contributed by atoms with Gasteiger partial charge in [-0.15, -0.1) is 0 Å². The maximum atomic E-state index is 12.0.